The normalized spacial score (nSPS) is 14.9. The van der Waals surface area contributed by atoms with Crippen molar-refractivity contribution in [1.29, 1.82) is 0 Å². The maximum atomic E-state index is 5.43. The van der Waals surface area contributed by atoms with Crippen molar-refractivity contribution in [2.45, 2.75) is 84.0 Å². The first-order valence-electron chi connectivity index (χ1n) is 15.1. The van der Waals surface area contributed by atoms with Crippen LogP contribution in [0.5, 0.6) is 5.75 Å². The lowest BCUT2D eigenvalue weighted by molar-refractivity contribution is 0.415. The maximum Gasteiger partial charge on any atom is 0.225 e. The summed E-state index contributed by atoms with van der Waals surface area (Å²) in [5.74, 6) is 2.18. The van der Waals surface area contributed by atoms with Gasteiger partial charge in [-0.1, -0.05) is 25.5 Å². The highest BCUT2D eigenvalue weighted by Gasteiger charge is 2.16. The van der Waals surface area contributed by atoms with Gasteiger partial charge in [0.15, 0.2) is 0 Å². The topological polar surface area (TPSA) is 126 Å². The number of piperidine rings is 1. The Labute approximate surface area is 238 Å². The smallest absolute Gasteiger partial charge is 0.225 e. The number of aryl methyl sites for hydroxylation is 1. The first-order chi connectivity index (χ1) is 19.7. The summed E-state index contributed by atoms with van der Waals surface area (Å²) in [4.78, 5) is 9.58. The molecule has 1 atom stereocenters. The summed E-state index contributed by atoms with van der Waals surface area (Å²) in [5, 5.41) is 27.2. The van der Waals surface area contributed by atoms with Gasteiger partial charge in [0, 0.05) is 30.1 Å². The molecule has 1 aliphatic rings. The highest BCUT2D eigenvalue weighted by molar-refractivity contribution is 5.91. The first kappa shape index (κ1) is 30.0. The van der Waals surface area contributed by atoms with Crippen LogP contribution in [0, 0.1) is 0 Å². The third-order valence-electron chi connectivity index (χ3n) is 7.43. The molecule has 2 aromatic heterocycles. The fourth-order valence-corrected chi connectivity index (χ4v) is 5.09. The van der Waals surface area contributed by atoms with Crippen LogP contribution < -0.4 is 31.3 Å². The maximum absolute atomic E-state index is 5.43. The van der Waals surface area contributed by atoms with Gasteiger partial charge in [0.25, 0.3) is 0 Å². The molecule has 0 spiro atoms. The lowest BCUT2D eigenvalue weighted by Gasteiger charge is -2.25. The zero-order valence-electron chi connectivity index (χ0n) is 24.5. The van der Waals surface area contributed by atoms with Crippen molar-refractivity contribution in [2.24, 2.45) is 0 Å². The molecular weight excluding hydrogens is 504 g/mol. The average Bonchev–Trinajstić information content (AvgIpc) is 3.44. The summed E-state index contributed by atoms with van der Waals surface area (Å²) in [6, 6.07) is 6.97. The van der Waals surface area contributed by atoms with Crippen LogP contribution in [0.3, 0.4) is 0 Å². The molecule has 0 radical (unpaired) electrons. The fraction of sp³-hybridized carbons (Fsp3) is 0.655. The van der Waals surface area contributed by atoms with Crippen LogP contribution in [0.4, 0.5) is 11.8 Å². The molecule has 4 rings (SSSR count). The van der Waals surface area contributed by atoms with Crippen molar-refractivity contribution in [3.8, 4) is 5.75 Å². The number of nitrogens with zero attached hydrogens (tertiary/aromatic N) is 5. The molecule has 1 saturated heterocycles. The van der Waals surface area contributed by atoms with Crippen molar-refractivity contribution in [1.82, 2.24) is 40.9 Å². The minimum atomic E-state index is 0.388. The van der Waals surface area contributed by atoms with Gasteiger partial charge < -0.3 is 31.3 Å². The number of hydrogen-bond acceptors (Lipinski definition) is 10. The Hall–Kier alpha value is -3.02. The van der Waals surface area contributed by atoms with Crippen molar-refractivity contribution < 1.29 is 4.74 Å². The average molecular weight is 553 g/mol. The van der Waals surface area contributed by atoms with Gasteiger partial charge in [-0.05, 0) is 83.4 Å². The summed E-state index contributed by atoms with van der Waals surface area (Å²) in [6.45, 7) is 11.0. The summed E-state index contributed by atoms with van der Waals surface area (Å²) in [5.41, 5.74) is 1.70. The Balaban J connectivity index is 1.23. The summed E-state index contributed by atoms with van der Waals surface area (Å²) in [6.07, 6.45) is 10.0. The van der Waals surface area contributed by atoms with Crippen LogP contribution in [-0.2, 0) is 13.1 Å². The quantitative estimate of drug-likeness (QED) is 0.150. The number of ether oxygens (including phenoxy) is 1. The molecular formula is C29H48N10O. The second kappa shape index (κ2) is 16.3. The molecule has 220 valence electrons. The largest absolute Gasteiger partial charge is 0.497 e. The predicted octanol–water partition coefficient (Wildman–Crippen LogP) is 3.54. The van der Waals surface area contributed by atoms with Crippen LogP contribution in [-0.4, -0.2) is 76.9 Å². The molecule has 0 bridgehead atoms. The number of benzene rings is 1. The summed E-state index contributed by atoms with van der Waals surface area (Å²) in [7, 11) is 1.67. The molecule has 11 heteroatoms. The van der Waals surface area contributed by atoms with Crippen LogP contribution in [0.25, 0.3) is 10.9 Å². The van der Waals surface area contributed by atoms with E-state index < -0.39 is 0 Å². The van der Waals surface area contributed by atoms with Gasteiger partial charge in [-0.15, -0.1) is 5.10 Å². The van der Waals surface area contributed by atoms with Crippen molar-refractivity contribution in [2.75, 3.05) is 50.5 Å². The van der Waals surface area contributed by atoms with Crippen LogP contribution in [0.1, 0.15) is 64.5 Å². The SMILES string of the molecule is CCCC(CC)NCCCNCCCn1cc(CNc2nc(NC3CCNCC3)c3ccc(OC)cc3n2)nn1. The van der Waals surface area contributed by atoms with E-state index >= 15 is 0 Å². The standard InChI is InChI=1S/C29H48N10O/c1-4-8-22(5-2)32-15-6-13-30-14-7-18-39-21-24(37-38-39)20-33-29-35-27-19-25(40-3)9-10-26(27)28(36-29)34-23-11-16-31-17-12-23/h9-10,19,21-23,30-32H,4-8,11-18,20H2,1-3H3,(H2,33,34,35,36). The van der Waals surface area contributed by atoms with Gasteiger partial charge in [0.2, 0.25) is 5.95 Å². The van der Waals surface area contributed by atoms with E-state index in [2.05, 4.69) is 50.7 Å². The van der Waals surface area contributed by atoms with E-state index in [0.29, 0.717) is 24.6 Å². The molecule has 0 amide bonds. The second-order valence-electron chi connectivity index (χ2n) is 10.6. The number of aromatic nitrogens is 5. The third kappa shape index (κ3) is 9.28. The Morgan fingerprint density at radius 1 is 1.10 bits per heavy atom. The minimum absolute atomic E-state index is 0.388. The third-order valence-corrected chi connectivity index (χ3v) is 7.43. The van der Waals surface area contributed by atoms with E-state index in [0.717, 1.165) is 93.1 Å². The van der Waals surface area contributed by atoms with Gasteiger partial charge >= 0.3 is 0 Å². The van der Waals surface area contributed by atoms with Crippen molar-refractivity contribution in [3.05, 3.63) is 30.1 Å². The molecule has 1 unspecified atom stereocenters. The Morgan fingerprint density at radius 2 is 1.95 bits per heavy atom. The van der Waals surface area contributed by atoms with Gasteiger partial charge in [-0.3, -0.25) is 4.68 Å². The van der Waals surface area contributed by atoms with Gasteiger partial charge in [-0.2, -0.15) is 4.98 Å². The van der Waals surface area contributed by atoms with E-state index in [-0.39, 0.29) is 0 Å². The van der Waals surface area contributed by atoms with E-state index in [4.69, 9.17) is 14.7 Å². The van der Waals surface area contributed by atoms with E-state index in [1.165, 1.54) is 19.3 Å². The number of methoxy groups -OCH3 is 1. The second-order valence-corrected chi connectivity index (χ2v) is 10.6. The van der Waals surface area contributed by atoms with Crippen molar-refractivity contribution in [3.63, 3.8) is 0 Å². The number of anilines is 2. The summed E-state index contributed by atoms with van der Waals surface area (Å²) < 4.78 is 7.34. The van der Waals surface area contributed by atoms with Crippen molar-refractivity contribution >= 4 is 22.7 Å². The lowest BCUT2D eigenvalue weighted by Crippen LogP contribution is -2.35. The summed E-state index contributed by atoms with van der Waals surface area (Å²) >= 11 is 0. The molecule has 1 fully saturated rings. The van der Waals surface area contributed by atoms with E-state index in [1.807, 2.05) is 29.1 Å². The minimum Gasteiger partial charge on any atom is -0.497 e. The van der Waals surface area contributed by atoms with Crippen LogP contribution in [0.2, 0.25) is 0 Å². The Morgan fingerprint density at radius 3 is 2.75 bits per heavy atom. The molecule has 0 aliphatic carbocycles. The lowest BCUT2D eigenvalue weighted by atomic mass is 10.1. The highest BCUT2D eigenvalue weighted by atomic mass is 16.5. The number of fused-ring (bicyclic) bond motifs is 1. The molecule has 1 aromatic carbocycles. The van der Waals surface area contributed by atoms with E-state index in [9.17, 15) is 0 Å². The first-order valence-corrected chi connectivity index (χ1v) is 15.1. The van der Waals surface area contributed by atoms with Gasteiger partial charge in [0.1, 0.15) is 17.3 Å². The molecule has 3 heterocycles. The Bertz CT molecular complexity index is 1150. The fourth-order valence-electron chi connectivity index (χ4n) is 5.09. The predicted molar refractivity (Wildman–Crippen MR) is 162 cm³/mol. The monoisotopic (exact) mass is 552 g/mol. The highest BCUT2D eigenvalue weighted by Crippen LogP contribution is 2.27. The van der Waals surface area contributed by atoms with Crippen LogP contribution >= 0.6 is 0 Å². The van der Waals surface area contributed by atoms with Gasteiger partial charge in [-0.25, -0.2) is 4.98 Å². The number of hydrogen-bond donors (Lipinski definition) is 5. The zero-order chi connectivity index (χ0) is 28.0. The molecule has 40 heavy (non-hydrogen) atoms. The molecule has 0 saturated carbocycles. The number of nitrogens with one attached hydrogen (secondary N) is 5. The van der Waals surface area contributed by atoms with Crippen LogP contribution in [0.15, 0.2) is 24.4 Å². The molecule has 3 aromatic rings. The molecule has 11 nitrogen and oxygen atoms in total. The molecule has 5 N–H and O–H groups in total. The Kier molecular flexibility index (Phi) is 12.2. The molecule has 1 aliphatic heterocycles. The van der Waals surface area contributed by atoms with Gasteiger partial charge in [0.05, 0.1) is 25.4 Å². The number of rotatable bonds is 18. The zero-order valence-corrected chi connectivity index (χ0v) is 24.5. The van der Waals surface area contributed by atoms with E-state index in [1.54, 1.807) is 7.11 Å².